The number of aryl methyl sites for hydroxylation is 2. The molecular formula is C36H53N3O2S. The quantitative estimate of drug-likeness (QED) is 0.133. The fourth-order valence-corrected chi connectivity index (χ4v) is 6.64. The van der Waals surface area contributed by atoms with Gasteiger partial charge in [0.15, 0.2) is 0 Å². The molecule has 1 aromatic heterocycles. The monoisotopic (exact) mass is 591 g/mol. The van der Waals surface area contributed by atoms with Gasteiger partial charge < -0.3 is 15.6 Å². The molecule has 1 saturated heterocycles. The molecule has 3 unspecified atom stereocenters. The molecule has 0 aliphatic carbocycles. The summed E-state index contributed by atoms with van der Waals surface area (Å²) in [6.45, 7) is 11.1. The molecule has 230 valence electrons. The Hall–Kier alpha value is -2.57. The van der Waals surface area contributed by atoms with Crippen LogP contribution in [-0.2, 0) is 28.9 Å². The van der Waals surface area contributed by atoms with Crippen molar-refractivity contribution in [3.05, 3.63) is 83.2 Å². The molecule has 0 bridgehead atoms. The molecule has 1 aromatic carbocycles. The number of thioether (sulfide) groups is 1. The van der Waals surface area contributed by atoms with Gasteiger partial charge in [-0.05, 0) is 93.6 Å². The van der Waals surface area contributed by atoms with Crippen LogP contribution in [-0.4, -0.2) is 51.7 Å². The fourth-order valence-electron chi connectivity index (χ4n) is 5.70. The summed E-state index contributed by atoms with van der Waals surface area (Å²) in [6.07, 6.45) is 18.4. The number of carbonyl (C=O) groups excluding carboxylic acids is 2. The van der Waals surface area contributed by atoms with Crippen LogP contribution in [0.1, 0.15) is 86.2 Å². The maximum atomic E-state index is 12.6. The zero-order chi connectivity index (χ0) is 30.3. The molecule has 3 atom stereocenters. The lowest BCUT2D eigenvalue weighted by atomic mass is 9.97. The molecule has 2 aromatic rings. The van der Waals surface area contributed by atoms with Gasteiger partial charge in [-0.25, -0.2) is 0 Å². The molecule has 0 spiro atoms. The summed E-state index contributed by atoms with van der Waals surface area (Å²) in [5.74, 6) is 2.89. The first-order valence-corrected chi connectivity index (χ1v) is 17.1. The average molecular weight is 592 g/mol. The maximum absolute atomic E-state index is 12.6. The first-order valence-electron chi connectivity index (χ1n) is 15.9. The lowest BCUT2D eigenvalue weighted by Gasteiger charge is -2.34. The number of unbranched alkanes of at least 4 members (excludes halogenated alkanes) is 2. The average Bonchev–Trinajstić information content (AvgIpc) is 3.31. The number of nitrogens with zero attached hydrogens (tertiary/aromatic N) is 1. The number of carbonyl (C=O) groups is 2. The van der Waals surface area contributed by atoms with Crippen LogP contribution in [0, 0.1) is 19.8 Å². The SMILES string of the molecule is C=CC(C)Cc1[nH]cc(CC(N)C(=O)CCCCCSCCN2C(=O)CCCC2/C=C/CCc2cccc(C)c2)c1C. The first-order chi connectivity index (χ1) is 20.3. The van der Waals surface area contributed by atoms with Crippen molar-refractivity contribution in [2.75, 3.05) is 18.1 Å². The van der Waals surface area contributed by atoms with E-state index in [0.29, 0.717) is 31.1 Å². The van der Waals surface area contributed by atoms with E-state index in [1.807, 2.05) is 24.0 Å². The molecule has 2 heterocycles. The second-order valence-electron chi connectivity index (χ2n) is 12.0. The highest BCUT2D eigenvalue weighted by molar-refractivity contribution is 7.99. The van der Waals surface area contributed by atoms with E-state index in [2.05, 4.69) is 73.7 Å². The summed E-state index contributed by atoms with van der Waals surface area (Å²) < 4.78 is 0. The maximum Gasteiger partial charge on any atom is 0.223 e. The Labute approximate surface area is 258 Å². The van der Waals surface area contributed by atoms with Gasteiger partial charge in [0.05, 0.1) is 6.04 Å². The zero-order valence-electron chi connectivity index (χ0n) is 26.2. The second-order valence-corrected chi connectivity index (χ2v) is 13.3. The summed E-state index contributed by atoms with van der Waals surface area (Å²) in [6, 6.07) is 8.49. The van der Waals surface area contributed by atoms with Gasteiger partial charge in [0.2, 0.25) is 5.91 Å². The number of hydrogen-bond donors (Lipinski definition) is 2. The number of ketones is 1. The molecule has 1 amide bonds. The van der Waals surface area contributed by atoms with Crippen molar-refractivity contribution >= 4 is 23.5 Å². The molecule has 3 rings (SSSR count). The number of aromatic nitrogens is 1. The zero-order valence-corrected chi connectivity index (χ0v) is 27.0. The van der Waals surface area contributed by atoms with E-state index in [-0.39, 0.29) is 11.8 Å². The standard InChI is InChI=1S/C36H53N3O2S/c1-5-27(2)24-34-29(4)31(26-38-34)25-33(37)35(40)18-7-6-10-21-42-22-20-39-32(17-12-19-36(39)41)16-9-8-14-30-15-11-13-28(3)23-30/h5,9,11,13,15-16,23,26-27,32-33,38H,1,6-8,10,12,14,17-22,24-25,37H2,2-4H3/b16-9+. The number of nitrogens with one attached hydrogen (secondary N) is 1. The van der Waals surface area contributed by atoms with Gasteiger partial charge in [-0.2, -0.15) is 11.8 Å². The number of H-pyrrole nitrogens is 1. The van der Waals surface area contributed by atoms with Gasteiger partial charge in [0, 0.05) is 43.1 Å². The Bertz CT molecular complexity index is 1170. The molecule has 5 nitrogen and oxygen atoms in total. The van der Waals surface area contributed by atoms with E-state index in [0.717, 1.165) is 75.0 Å². The van der Waals surface area contributed by atoms with E-state index < -0.39 is 6.04 Å². The van der Waals surface area contributed by atoms with Crippen molar-refractivity contribution in [1.29, 1.82) is 0 Å². The smallest absolute Gasteiger partial charge is 0.223 e. The summed E-state index contributed by atoms with van der Waals surface area (Å²) in [5, 5.41) is 0. The predicted molar refractivity (Wildman–Crippen MR) is 179 cm³/mol. The number of aromatic amines is 1. The van der Waals surface area contributed by atoms with Gasteiger partial charge in [0.25, 0.3) is 0 Å². The summed E-state index contributed by atoms with van der Waals surface area (Å²) in [4.78, 5) is 30.7. The van der Waals surface area contributed by atoms with Gasteiger partial charge in [-0.3, -0.25) is 9.59 Å². The molecule has 0 radical (unpaired) electrons. The highest BCUT2D eigenvalue weighted by Gasteiger charge is 2.25. The molecule has 1 fully saturated rings. The van der Waals surface area contributed by atoms with Crippen molar-refractivity contribution in [1.82, 2.24) is 9.88 Å². The number of rotatable bonds is 19. The van der Waals surface area contributed by atoms with Gasteiger partial charge in [0.1, 0.15) is 5.78 Å². The first kappa shape index (κ1) is 33.9. The highest BCUT2D eigenvalue weighted by atomic mass is 32.2. The lowest BCUT2D eigenvalue weighted by Crippen LogP contribution is -2.43. The van der Waals surface area contributed by atoms with Crippen molar-refractivity contribution in [2.45, 2.75) is 103 Å². The minimum atomic E-state index is -0.440. The van der Waals surface area contributed by atoms with Crippen LogP contribution in [0.25, 0.3) is 0 Å². The topological polar surface area (TPSA) is 79.2 Å². The summed E-state index contributed by atoms with van der Waals surface area (Å²) in [7, 11) is 0. The van der Waals surface area contributed by atoms with Crippen LogP contribution in [0.5, 0.6) is 0 Å². The van der Waals surface area contributed by atoms with E-state index in [1.54, 1.807) is 0 Å². The Balaban J connectivity index is 1.28. The highest BCUT2D eigenvalue weighted by Crippen LogP contribution is 2.22. The molecular weight excluding hydrogens is 538 g/mol. The summed E-state index contributed by atoms with van der Waals surface area (Å²) >= 11 is 1.92. The summed E-state index contributed by atoms with van der Waals surface area (Å²) in [5.41, 5.74) is 12.5. The molecule has 0 saturated carbocycles. The van der Waals surface area contributed by atoms with Crippen molar-refractivity contribution in [3.63, 3.8) is 0 Å². The number of hydrogen-bond acceptors (Lipinski definition) is 4. The molecule has 1 aliphatic heterocycles. The predicted octanol–water partition coefficient (Wildman–Crippen LogP) is 7.30. The van der Waals surface area contributed by atoms with Crippen LogP contribution in [0.15, 0.2) is 55.3 Å². The minimum absolute atomic E-state index is 0.158. The van der Waals surface area contributed by atoms with Crippen LogP contribution in [0.4, 0.5) is 0 Å². The number of Topliss-reactive ketones (excluding diaryl/α,β-unsaturated/α-hetero) is 1. The Morgan fingerprint density at radius 1 is 1.21 bits per heavy atom. The molecule has 3 N–H and O–H groups in total. The van der Waals surface area contributed by atoms with Gasteiger partial charge in [-0.15, -0.1) is 6.58 Å². The van der Waals surface area contributed by atoms with Crippen molar-refractivity contribution in [3.8, 4) is 0 Å². The molecule has 1 aliphatic rings. The third-order valence-corrected chi connectivity index (χ3v) is 9.53. The van der Waals surface area contributed by atoms with E-state index in [1.165, 1.54) is 22.4 Å². The normalized spacial score (nSPS) is 17.1. The number of amides is 1. The third kappa shape index (κ3) is 11.3. The van der Waals surface area contributed by atoms with Gasteiger partial charge in [-0.1, -0.05) is 61.4 Å². The van der Waals surface area contributed by atoms with E-state index in [9.17, 15) is 9.59 Å². The van der Waals surface area contributed by atoms with Crippen LogP contribution >= 0.6 is 11.8 Å². The Kier molecular flexibility index (Phi) is 14.7. The van der Waals surface area contributed by atoms with E-state index in [4.69, 9.17) is 5.73 Å². The number of piperidine rings is 1. The fraction of sp³-hybridized carbons (Fsp3) is 0.556. The van der Waals surface area contributed by atoms with Crippen LogP contribution < -0.4 is 5.73 Å². The largest absolute Gasteiger partial charge is 0.364 e. The van der Waals surface area contributed by atoms with Crippen LogP contribution in [0.3, 0.4) is 0 Å². The number of benzene rings is 1. The number of nitrogens with two attached hydrogens (primary N) is 1. The number of allylic oxidation sites excluding steroid dienone is 2. The lowest BCUT2D eigenvalue weighted by molar-refractivity contribution is -0.134. The van der Waals surface area contributed by atoms with Crippen molar-refractivity contribution in [2.24, 2.45) is 11.7 Å². The van der Waals surface area contributed by atoms with Crippen LogP contribution in [0.2, 0.25) is 0 Å². The minimum Gasteiger partial charge on any atom is -0.364 e. The Morgan fingerprint density at radius 3 is 2.83 bits per heavy atom. The Morgan fingerprint density at radius 2 is 2.05 bits per heavy atom. The van der Waals surface area contributed by atoms with Gasteiger partial charge >= 0.3 is 0 Å². The molecule has 42 heavy (non-hydrogen) atoms. The van der Waals surface area contributed by atoms with Crippen molar-refractivity contribution < 1.29 is 9.59 Å². The molecule has 6 heteroatoms. The number of likely N-dealkylation sites (tertiary alicyclic amines) is 1. The third-order valence-electron chi connectivity index (χ3n) is 8.48. The van der Waals surface area contributed by atoms with E-state index >= 15 is 0 Å². The second kappa shape index (κ2) is 18.2.